The van der Waals surface area contributed by atoms with Crippen molar-refractivity contribution in [2.24, 2.45) is 11.8 Å². The Morgan fingerprint density at radius 3 is 2.27 bits per heavy atom. The molecule has 1 aliphatic carbocycles. The van der Waals surface area contributed by atoms with E-state index in [4.69, 9.17) is 28.3 Å². The molecule has 2 fully saturated rings. The van der Waals surface area contributed by atoms with Gasteiger partial charge in [-0.05, 0) is 24.6 Å². The fourth-order valence-electron chi connectivity index (χ4n) is 2.84. The zero-order valence-corrected chi connectivity index (χ0v) is 13.3. The summed E-state index contributed by atoms with van der Waals surface area (Å²) in [6.45, 7) is 2.60. The lowest BCUT2D eigenvalue weighted by atomic mass is 10.2. The van der Waals surface area contributed by atoms with E-state index in [2.05, 4.69) is 4.90 Å². The van der Waals surface area contributed by atoms with Gasteiger partial charge in [0.2, 0.25) is 5.91 Å². The Kier molecular flexibility index (Phi) is 4.19. The molecule has 0 aromatic heterocycles. The summed E-state index contributed by atoms with van der Waals surface area (Å²) < 4.78 is 0. The Morgan fingerprint density at radius 2 is 1.73 bits per heavy atom. The van der Waals surface area contributed by atoms with Crippen LogP contribution >= 0.6 is 23.2 Å². The minimum absolute atomic E-state index is 0.0267. The molecule has 1 saturated carbocycles. The summed E-state index contributed by atoms with van der Waals surface area (Å²) in [5.74, 6) is -1.70. The van der Waals surface area contributed by atoms with Gasteiger partial charge in [-0.3, -0.25) is 9.59 Å². The lowest BCUT2D eigenvalue weighted by molar-refractivity contribution is -0.142. The van der Waals surface area contributed by atoms with Crippen molar-refractivity contribution >= 4 is 40.8 Å². The van der Waals surface area contributed by atoms with Gasteiger partial charge in [-0.2, -0.15) is 0 Å². The van der Waals surface area contributed by atoms with Crippen molar-refractivity contribution in [2.45, 2.75) is 6.42 Å². The number of benzene rings is 1. The van der Waals surface area contributed by atoms with E-state index in [0.717, 1.165) is 5.69 Å². The van der Waals surface area contributed by atoms with Crippen LogP contribution in [0.2, 0.25) is 10.0 Å². The zero-order valence-electron chi connectivity index (χ0n) is 11.8. The molecular formula is C15H16Cl2N2O3. The second kappa shape index (κ2) is 5.97. The van der Waals surface area contributed by atoms with Crippen LogP contribution in [-0.2, 0) is 9.59 Å². The van der Waals surface area contributed by atoms with Crippen LogP contribution in [0.1, 0.15) is 6.42 Å². The number of rotatable bonds is 3. The van der Waals surface area contributed by atoms with E-state index < -0.39 is 11.9 Å². The van der Waals surface area contributed by atoms with Gasteiger partial charge >= 0.3 is 5.97 Å². The highest BCUT2D eigenvalue weighted by Gasteiger charge is 2.50. The maximum absolute atomic E-state index is 12.2. The minimum Gasteiger partial charge on any atom is -0.481 e. The van der Waals surface area contributed by atoms with Crippen LogP contribution in [-0.4, -0.2) is 48.1 Å². The highest BCUT2D eigenvalue weighted by molar-refractivity contribution is 6.42. The number of carbonyl (C=O) groups excluding carboxylic acids is 1. The predicted octanol–water partition coefficient (Wildman–Crippen LogP) is 2.36. The maximum Gasteiger partial charge on any atom is 0.307 e. The van der Waals surface area contributed by atoms with Gasteiger partial charge in [0.05, 0.1) is 21.9 Å². The molecule has 1 aromatic carbocycles. The van der Waals surface area contributed by atoms with Gasteiger partial charge in [-0.15, -0.1) is 0 Å². The average molecular weight is 343 g/mol. The van der Waals surface area contributed by atoms with Crippen molar-refractivity contribution in [2.75, 3.05) is 31.1 Å². The van der Waals surface area contributed by atoms with E-state index in [1.165, 1.54) is 0 Å². The second-order valence-electron chi connectivity index (χ2n) is 5.70. The minimum atomic E-state index is -0.868. The molecule has 1 saturated heterocycles. The Hall–Kier alpha value is -1.46. The molecule has 22 heavy (non-hydrogen) atoms. The van der Waals surface area contributed by atoms with Crippen molar-refractivity contribution in [3.63, 3.8) is 0 Å². The number of piperazine rings is 1. The third-order valence-corrected chi connectivity index (χ3v) is 5.02. The second-order valence-corrected chi connectivity index (χ2v) is 6.51. The molecule has 3 rings (SSSR count). The van der Waals surface area contributed by atoms with Crippen molar-refractivity contribution < 1.29 is 14.7 Å². The number of anilines is 1. The zero-order chi connectivity index (χ0) is 15.9. The summed E-state index contributed by atoms with van der Waals surface area (Å²) in [6, 6.07) is 5.49. The summed E-state index contributed by atoms with van der Waals surface area (Å²) in [4.78, 5) is 27.0. The van der Waals surface area contributed by atoms with Gasteiger partial charge in [-0.25, -0.2) is 0 Å². The number of hydrogen-bond acceptors (Lipinski definition) is 3. The molecule has 0 unspecified atom stereocenters. The molecule has 1 aliphatic heterocycles. The SMILES string of the molecule is O=C(O)[C@H]1C[C@@H]1C(=O)N1CCN(c2ccc(Cl)c(Cl)c2)CC1. The molecule has 118 valence electrons. The van der Waals surface area contributed by atoms with E-state index in [1.807, 2.05) is 12.1 Å². The lowest BCUT2D eigenvalue weighted by Gasteiger charge is -2.36. The van der Waals surface area contributed by atoms with Crippen LogP contribution in [0, 0.1) is 11.8 Å². The number of hydrogen-bond donors (Lipinski definition) is 1. The van der Waals surface area contributed by atoms with Gasteiger partial charge in [0.15, 0.2) is 0 Å². The summed E-state index contributed by atoms with van der Waals surface area (Å²) in [5, 5.41) is 9.94. The molecule has 0 bridgehead atoms. The molecule has 1 heterocycles. The van der Waals surface area contributed by atoms with Gasteiger partial charge in [0.25, 0.3) is 0 Å². The molecule has 1 aromatic rings. The highest BCUT2D eigenvalue weighted by atomic mass is 35.5. The monoisotopic (exact) mass is 342 g/mol. The van der Waals surface area contributed by atoms with Crippen LogP contribution in [0.25, 0.3) is 0 Å². The summed E-state index contributed by atoms with van der Waals surface area (Å²) in [6.07, 6.45) is 0.473. The van der Waals surface area contributed by atoms with Crippen LogP contribution in [0.15, 0.2) is 18.2 Å². The Bertz CT molecular complexity index is 615. The Balaban J connectivity index is 1.57. The number of carboxylic acids is 1. The van der Waals surface area contributed by atoms with E-state index in [1.54, 1.807) is 11.0 Å². The first-order valence-corrected chi connectivity index (χ1v) is 7.94. The normalized spacial score (nSPS) is 24.3. The number of carbonyl (C=O) groups is 2. The Labute approximate surface area is 138 Å². The van der Waals surface area contributed by atoms with Crippen molar-refractivity contribution in [1.82, 2.24) is 4.90 Å². The third kappa shape index (κ3) is 3.01. The van der Waals surface area contributed by atoms with Crippen molar-refractivity contribution in [3.05, 3.63) is 28.2 Å². The topological polar surface area (TPSA) is 60.9 Å². The number of amides is 1. The first-order valence-electron chi connectivity index (χ1n) is 7.19. The first-order chi connectivity index (χ1) is 10.5. The molecule has 1 N–H and O–H groups in total. The largest absolute Gasteiger partial charge is 0.481 e. The number of carboxylic acid groups (broad SMARTS) is 1. The lowest BCUT2D eigenvalue weighted by Crippen LogP contribution is -2.49. The number of nitrogens with zero attached hydrogens (tertiary/aromatic N) is 2. The van der Waals surface area contributed by atoms with Crippen LogP contribution in [0.5, 0.6) is 0 Å². The van der Waals surface area contributed by atoms with Crippen molar-refractivity contribution in [1.29, 1.82) is 0 Å². The molecule has 2 aliphatic rings. The summed E-state index contributed by atoms with van der Waals surface area (Å²) in [7, 11) is 0. The fourth-order valence-corrected chi connectivity index (χ4v) is 3.13. The van der Waals surface area contributed by atoms with E-state index in [-0.39, 0.29) is 11.8 Å². The molecule has 2 atom stereocenters. The number of aliphatic carboxylic acids is 1. The third-order valence-electron chi connectivity index (χ3n) is 4.28. The Morgan fingerprint density at radius 1 is 1.05 bits per heavy atom. The van der Waals surface area contributed by atoms with E-state index in [9.17, 15) is 9.59 Å². The van der Waals surface area contributed by atoms with Gasteiger partial charge in [0, 0.05) is 31.9 Å². The molecular weight excluding hydrogens is 327 g/mol. The summed E-state index contributed by atoms with van der Waals surface area (Å²) in [5.41, 5.74) is 0.983. The number of halogens is 2. The first kappa shape index (κ1) is 15.4. The smallest absolute Gasteiger partial charge is 0.307 e. The summed E-state index contributed by atoms with van der Waals surface area (Å²) >= 11 is 11.9. The molecule has 5 nitrogen and oxygen atoms in total. The maximum atomic E-state index is 12.2. The van der Waals surface area contributed by atoms with Crippen LogP contribution in [0.4, 0.5) is 5.69 Å². The highest BCUT2D eigenvalue weighted by Crippen LogP contribution is 2.40. The van der Waals surface area contributed by atoms with Gasteiger partial charge < -0.3 is 14.9 Å². The molecule has 0 radical (unpaired) electrons. The molecule has 0 spiro atoms. The molecule has 1 amide bonds. The van der Waals surface area contributed by atoms with Crippen LogP contribution in [0.3, 0.4) is 0 Å². The average Bonchev–Trinajstić information content (AvgIpc) is 3.30. The standard InChI is InChI=1S/C15H16Cl2N2O3/c16-12-2-1-9(7-13(12)17)18-3-5-19(6-4-18)14(20)10-8-11(10)15(21)22/h1-2,7,10-11H,3-6,8H2,(H,21,22)/t10-,11-/m0/s1. The van der Waals surface area contributed by atoms with Crippen molar-refractivity contribution in [3.8, 4) is 0 Å². The van der Waals surface area contributed by atoms with E-state index in [0.29, 0.717) is 42.6 Å². The van der Waals surface area contributed by atoms with Crippen LogP contribution < -0.4 is 4.90 Å². The molecule has 7 heteroatoms. The van der Waals surface area contributed by atoms with Gasteiger partial charge in [-0.1, -0.05) is 23.2 Å². The van der Waals surface area contributed by atoms with Gasteiger partial charge in [0.1, 0.15) is 0 Å². The van der Waals surface area contributed by atoms with E-state index >= 15 is 0 Å². The predicted molar refractivity (Wildman–Crippen MR) is 84.5 cm³/mol. The quantitative estimate of drug-likeness (QED) is 0.915. The fraction of sp³-hybridized carbons (Fsp3) is 0.467.